The molecule has 2 aliphatic heterocycles. The zero-order valence-electron chi connectivity index (χ0n) is 27.3. The third-order valence-corrected chi connectivity index (χ3v) is 8.43. The van der Waals surface area contributed by atoms with E-state index in [1.165, 1.54) is 12.1 Å². The van der Waals surface area contributed by atoms with Crippen molar-refractivity contribution in [2.75, 3.05) is 34.6 Å². The Bertz CT molecular complexity index is 1490. The average molecular weight is 626 g/mol. The van der Waals surface area contributed by atoms with Gasteiger partial charge in [-0.25, -0.2) is 19.1 Å². The number of aromatic nitrogens is 2. The van der Waals surface area contributed by atoms with Crippen LogP contribution in [0.3, 0.4) is 0 Å². The van der Waals surface area contributed by atoms with Gasteiger partial charge in [-0.2, -0.15) is 0 Å². The van der Waals surface area contributed by atoms with Crippen LogP contribution in [0.5, 0.6) is 0 Å². The Balaban J connectivity index is 1.90. The monoisotopic (exact) mass is 625 g/mol. The van der Waals surface area contributed by atoms with E-state index in [9.17, 15) is 18.4 Å². The summed E-state index contributed by atoms with van der Waals surface area (Å²) in [6.45, 7) is 19.5. The molecular formula is C32H45N6O5S-. The van der Waals surface area contributed by atoms with Gasteiger partial charge in [0.1, 0.15) is 23.1 Å². The summed E-state index contributed by atoms with van der Waals surface area (Å²) in [5.41, 5.74) is 7.11. The van der Waals surface area contributed by atoms with Crippen LogP contribution in [-0.2, 0) is 21.4 Å². The number of nitrogen functional groups attached to an aromatic ring is 1. The van der Waals surface area contributed by atoms with Gasteiger partial charge in [0, 0.05) is 36.2 Å². The number of hydrogen-bond acceptors (Lipinski definition) is 9. The second-order valence-electron chi connectivity index (χ2n) is 14.4. The molecule has 2 aliphatic rings. The molecule has 0 aliphatic carbocycles. The molecule has 0 saturated carbocycles. The number of pyridine rings is 2. The predicted molar refractivity (Wildman–Crippen MR) is 173 cm³/mol. The summed E-state index contributed by atoms with van der Waals surface area (Å²) in [6.07, 6.45) is 2.96. The molecule has 11 nitrogen and oxygen atoms in total. The summed E-state index contributed by atoms with van der Waals surface area (Å²) < 4.78 is 31.4. The third-order valence-electron chi connectivity index (χ3n) is 7.78. The van der Waals surface area contributed by atoms with E-state index < -0.39 is 28.2 Å². The van der Waals surface area contributed by atoms with E-state index >= 15 is 0 Å². The molecule has 1 saturated heterocycles. The van der Waals surface area contributed by atoms with Crippen LogP contribution in [0, 0.1) is 5.92 Å². The summed E-state index contributed by atoms with van der Waals surface area (Å²) in [5.74, 6) is -0.0152. The highest BCUT2D eigenvalue weighted by Crippen LogP contribution is 2.42. The van der Waals surface area contributed by atoms with E-state index in [-0.39, 0.29) is 28.8 Å². The normalized spacial score (nSPS) is 19.4. The molecule has 0 aromatic carbocycles. The molecule has 2 amide bonds. The molecule has 0 radical (unpaired) electrons. The molecule has 240 valence electrons. The highest BCUT2D eigenvalue weighted by atomic mass is 32.2. The minimum Gasteiger partial charge on any atom is -0.755 e. The lowest BCUT2D eigenvalue weighted by atomic mass is 9.83. The Morgan fingerprint density at radius 1 is 1.16 bits per heavy atom. The van der Waals surface area contributed by atoms with Gasteiger partial charge in [-0.1, -0.05) is 39.8 Å². The molecule has 4 rings (SSSR count). The first-order valence-electron chi connectivity index (χ1n) is 15.0. The predicted octanol–water partition coefficient (Wildman–Crippen LogP) is 5.45. The lowest BCUT2D eigenvalue weighted by molar-refractivity contribution is 0.0270. The lowest BCUT2D eigenvalue weighted by Crippen LogP contribution is -2.42. The van der Waals surface area contributed by atoms with Crippen molar-refractivity contribution < 1.29 is 23.1 Å². The summed E-state index contributed by atoms with van der Waals surface area (Å²) in [4.78, 5) is 40.1. The quantitative estimate of drug-likeness (QED) is 0.429. The number of carbonyl (C=O) groups is 2. The van der Waals surface area contributed by atoms with E-state index in [2.05, 4.69) is 51.4 Å². The van der Waals surface area contributed by atoms with Crippen LogP contribution in [0.25, 0.3) is 5.57 Å². The van der Waals surface area contributed by atoms with Crippen LogP contribution in [0.1, 0.15) is 96.8 Å². The first kappa shape index (κ1) is 33.4. The fourth-order valence-corrected chi connectivity index (χ4v) is 6.45. The van der Waals surface area contributed by atoms with Crippen molar-refractivity contribution in [1.82, 2.24) is 14.9 Å². The molecule has 44 heavy (non-hydrogen) atoms. The van der Waals surface area contributed by atoms with E-state index in [1.807, 2.05) is 26.8 Å². The first-order chi connectivity index (χ1) is 20.3. The van der Waals surface area contributed by atoms with Crippen LogP contribution in [-0.4, -0.2) is 66.4 Å². The third kappa shape index (κ3) is 7.23. The second-order valence-corrected chi connectivity index (χ2v) is 15.2. The van der Waals surface area contributed by atoms with E-state index in [0.717, 1.165) is 23.3 Å². The Labute approximate surface area is 263 Å². The van der Waals surface area contributed by atoms with Crippen molar-refractivity contribution in [2.24, 2.45) is 5.92 Å². The molecule has 2 aromatic rings. The summed E-state index contributed by atoms with van der Waals surface area (Å²) in [6, 6.07) is 6.27. The maximum Gasteiger partial charge on any atom is 0.410 e. The topological polar surface area (TPSA) is 145 Å². The van der Waals surface area contributed by atoms with Crippen molar-refractivity contribution >= 4 is 46.3 Å². The Morgan fingerprint density at radius 2 is 1.84 bits per heavy atom. The summed E-state index contributed by atoms with van der Waals surface area (Å²) in [5, 5.41) is 0. The average Bonchev–Trinajstić information content (AvgIpc) is 3.17. The fraction of sp³-hybridized carbons (Fsp3) is 0.562. The Morgan fingerprint density at radius 3 is 2.34 bits per heavy atom. The number of amides is 2. The fourth-order valence-electron chi connectivity index (χ4n) is 5.96. The highest BCUT2D eigenvalue weighted by molar-refractivity contribution is 7.81. The number of carbonyl (C=O) groups excluding carboxylic acids is 2. The summed E-state index contributed by atoms with van der Waals surface area (Å²) >= 11 is -2.98. The number of rotatable bonds is 5. The maximum absolute atomic E-state index is 14.3. The van der Waals surface area contributed by atoms with Crippen molar-refractivity contribution in [3.05, 3.63) is 47.2 Å². The SMILES string of the molecule is CC1CN(c2nc(C(C)(C)C)c(C3=CCN(C(=O)OC(C)(C)C)CC3)cc2C(=O)N(c2cccc(N)n2)S(=O)[O-])C(C)(C)C1. The zero-order valence-corrected chi connectivity index (χ0v) is 28.1. The maximum atomic E-state index is 14.3. The van der Waals surface area contributed by atoms with Crippen molar-refractivity contribution in [3.63, 3.8) is 0 Å². The van der Waals surface area contributed by atoms with Crippen LogP contribution >= 0.6 is 0 Å². The molecule has 2 atom stereocenters. The smallest absolute Gasteiger partial charge is 0.410 e. The van der Waals surface area contributed by atoms with Crippen molar-refractivity contribution in [3.8, 4) is 0 Å². The van der Waals surface area contributed by atoms with Gasteiger partial charge in [-0.05, 0) is 77.2 Å². The van der Waals surface area contributed by atoms with E-state index in [0.29, 0.717) is 42.1 Å². The van der Waals surface area contributed by atoms with Crippen molar-refractivity contribution in [2.45, 2.75) is 91.7 Å². The van der Waals surface area contributed by atoms with Crippen LogP contribution in [0.15, 0.2) is 30.3 Å². The molecule has 0 bridgehead atoms. The van der Waals surface area contributed by atoms with E-state index in [4.69, 9.17) is 15.5 Å². The molecule has 4 heterocycles. The van der Waals surface area contributed by atoms with Crippen molar-refractivity contribution in [1.29, 1.82) is 0 Å². The second kappa shape index (κ2) is 12.1. The van der Waals surface area contributed by atoms with Crippen LogP contribution in [0.4, 0.5) is 22.2 Å². The largest absolute Gasteiger partial charge is 0.755 e. The molecule has 1 fully saturated rings. The molecule has 2 unspecified atom stereocenters. The van der Waals surface area contributed by atoms with Gasteiger partial charge >= 0.3 is 6.09 Å². The van der Waals surface area contributed by atoms with E-state index in [1.54, 1.807) is 17.0 Å². The standard InChI is InChI=1S/C32H46N6O5S/c1-20-18-32(8,9)37(19-20)27-23(28(39)38(44(41)42)25-12-10-11-24(33)34-25)17-22(26(35-27)30(2,3)4)21-13-15-36(16-14-21)29(40)43-31(5,6)7/h10-13,17,20H,14-16,18-19H2,1-9H3,(H2,33,34)(H,41,42)/p-1. The minimum absolute atomic E-state index is 0.0873. The van der Waals surface area contributed by atoms with Crippen LogP contribution in [0.2, 0.25) is 0 Å². The van der Waals surface area contributed by atoms with Gasteiger partial charge in [-0.3, -0.25) is 9.00 Å². The van der Waals surface area contributed by atoms with Gasteiger partial charge in [0.25, 0.3) is 5.91 Å². The molecular weight excluding hydrogens is 580 g/mol. The minimum atomic E-state index is -2.98. The molecule has 2 aromatic heterocycles. The number of nitrogens with two attached hydrogens (primary N) is 1. The summed E-state index contributed by atoms with van der Waals surface area (Å²) in [7, 11) is 0. The molecule has 2 N–H and O–H groups in total. The Hall–Kier alpha value is -3.51. The Kier molecular flexibility index (Phi) is 9.19. The van der Waals surface area contributed by atoms with Gasteiger partial charge in [0.05, 0.1) is 22.5 Å². The number of anilines is 3. The van der Waals surface area contributed by atoms with Gasteiger partial charge < -0.3 is 24.8 Å². The lowest BCUT2D eigenvalue weighted by Gasteiger charge is -2.37. The molecule has 12 heteroatoms. The molecule has 0 spiro atoms. The first-order valence-corrected chi connectivity index (χ1v) is 16.0. The van der Waals surface area contributed by atoms with Gasteiger partial charge in [-0.15, -0.1) is 0 Å². The number of nitrogens with zero attached hydrogens (tertiary/aromatic N) is 5. The highest BCUT2D eigenvalue weighted by Gasteiger charge is 2.41. The zero-order chi connectivity index (χ0) is 32.8. The number of hydrogen-bond donors (Lipinski definition) is 1. The van der Waals surface area contributed by atoms with Gasteiger partial charge in [0.15, 0.2) is 0 Å². The van der Waals surface area contributed by atoms with Gasteiger partial charge in [0.2, 0.25) is 0 Å². The van der Waals surface area contributed by atoms with Crippen LogP contribution < -0.4 is 14.9 Å². The number of ether oxygens (including phenoxy) is 1.